The van der Waals surface area contributed by atoms with Crippen LogP contribution in [-0.4, -0.2) is 37.9 Å². The van der Waals surface area contributed by atoms with Gasteiger partial charge in [-0.2, -0.15) is 0 Å². The van der Waals surface area contributed by atoms with Crippen LogP contribution in [0.5, 0.6) is 17.2 Å². The highest BCUT2D eigenvalue weighted by Crippen LogP contribution is 2.36. The van der Waals surface area contributed by atoms with E-state index in [9.17, 15) is 5.11 Å². The van der Waals surface area contributed by atoms with Gasteiger partial charge in [0.2, 0.25) is 5.75 Å². The minimum absolute atomic E-state index is 0.0127. The first-order valence-electron chi connectivity index (χ1n) is 6.12. The monoisotopic (exact) mass is 265 g/mol. The summed E-state index contributed by atoms with van der Waals surface area (Å²) in [7, 11) is 3.02. The number of hydrogen-bond acceptors (Lipinski definition) is 6. The maximum absolute atomic E-state index is 9.82. The Labute approximate surface area is 112 Å². The lowest BCUT2D eigenvalue weighted by Gasteiger charge is -2.13. The highest BCUT2D eigenvalue weighted by atomic mass is 16.5. The van der Waals surface area contributed by atoms with Crippen LogP contribution in [0.1, 0.15) is 12.5 Å². The van der Waals surface area contributed by atoms with Crippen molar-refractivity contribution in [3.05, 3.63) is 17.7 Å². The Morgan fingerprint density at radius 2 is 2.00 bits per heavy atom. The summed E-state index contributed by atoms with van der Waals surface area (Å²) in [5, 5.41) is 16.2. The maximum Gasteiger partial charge on any atom is 0.200 e. The lowest BCUT2D eigenvalue weighted by Crippen LogP contribution is -2.37. The Kier molecular flexibility index (Phi) is 3.99. The summed E-state index contributed by atoms with van der Waals surface area (Å²) in [5.41, 5.74) is 0.940. The van der Waals surface area contributed by atoms with Gasteiger partial charge in [0.15, 0.2) is 17.5 Å². The number of rotatable bonds is 4. The standard InChI is InChI=1S/C13H19N3O3/c1-8-6-14-13(16-8)15-7-9-4-10(18-2)12(17)11(5-9)19-3/h4-5,8,17H,6-7H2,1-3H3,(H2,14,15,16). The molecular formula is C13H19N3O3. The molecule has 1 aliphatic rings. The number of aromatic hydroxyl groups is 1. The fourth-order valence-electron chi connectivity index (χ4n) is 1.90. The molecule has 1 atom stereocenters. The van der Waals surface area contributed by atoms with Gasteiger partial charge in [0, 0.05) is 12.6 Å². The SMILES string of the molecule is COc1cc(CNC2=NCC(C)N2)cc(OC)c1O. The van der Waals surface area contributed by atoms with Crippen molar-refractivity contribution in [2.45, 2.75) is 19.5 Å². The summed E-state index contributed by atoms with van der Waals surface area (Å²) in [6.07, 6.45) is 0. The van der Waals surface area contributed by atoms with Crippen molar-refractivity contribution in [3.63, 3.8) is 0 Å². The average molecular weight is 265 g/mol. The quantitative estimate of drug-likeness (QED) is 0.752. The van der Waals surface area contributed by atoms with Crippen LogP contribution in [-0.2, 0) is 6.54 Å². The fourth-order valence-corrected chi connectivity index (χ4v) is 1.90. The van der Waals surface area contributed by atoms with Gasteiger partial charge in [-0.05, 0) is 24.6 Å². The Hall–Kier alpha value is -2.11. The van der Waals surface area contributed by atoms with Gasteiger partial charge in [0.25, 0.3) is 0 Å². The first kappa shape index (κ1) is 13.3. The molecule has 2 rings (SSSR count). The summed E-state index contributed by atoms with van der Waals surface area (Å²) in [4.78, 5) is 4.32. The van der Waals surface area contributed by atoms with E-state index in [-0.39, 0.29) is 5.75 Å². The first-order chi connectivity index (χ1) is 9.13. The molecular weight excluding hydrogens is 246 g/mol. The fraction of sp³-hybridized carbons (Fsp3) is 0.462. The smallest absolute Gasteiger partial charge is 0.200 e. The predicted molar refractivity (Wildman–Crippen MR) is 73.0 cm³/mol. The van der Waals surface area contributed by atoms with Crippen LogP contribution in [0, 0.1) is 0 Å². The zero-order valence-corrected chi connectivity index (χ0v) is 11.4. The second-order valence-corrected chi connectivity index (χ2v) is 4.44. The molecule has 0 spiro atoms. The number of nitrogens with one attached hydrogen (secondary N) is 2. The summed E-state index contributed by atoms with van der Waals surface area (Å²) in [5.74, 6) is 1.59. The van der Waals surface area contributed by atoms with Crippen molar-refractivity contribution in [1.82, 2.24) is 10.6 Å². The van der Waals surface area contributed by atoms with E-state index in [2.05, 4.69) is 22.5 Å². The lowest BCUT2D eigenvalue weighted by atomic mass is 10.2. The van der Waals surface area contributed by atoms with E-state index in [1.165, 1.54) is 14.2 Å². The largest absolute Gasteiger partial charge is 0.502 e. The van der Waals surface area contributed by atoms with Crippen molar-refractivity contribution in [3.8, 4) is 17.2 Å². The number of guanidine groups is 1. The van der Waals surface area contributed by atoms with Crippen molar-refractivity contribution in [2.24, 2.45) is 4.99 Å². The van der Waals surface area contributed by atoms with E-state index in [4.69, 9.17) is 9.47 Å². The Morgan fingerprint density at radius 3 is 2.47 bits per heavy atom. The van der Waals surface area contributed by atoms with Crippen LogP contribution in [0.25, 0.3) is 0 Å². The second-order valence-electron chi connectivity index (χ2n) is 4.44. The molecule has 1 heterocycles. The summed E-state index contributed by atoms with van der Waals surface area (Å²) in [6, 6.07) is 3.90. The lowest BCUT2D eigenvalue weighted by molar-refractivity contribution is 0.339. The summed E-state index contributed by atoms with van der Waals surface area (Å²) >= 11 is 0. The van der Waals surface area contributed by atoms with Crippen molar-refractivity contribution in [1.29, 1.82) is 0 Å². The second kappa shape index (κ2) is 5.69. The summed E-state index contributed by atoms with van der Waals surface area (Å²) < 4.78 is 10.2. The molecule has 3 N–H and O–H groups in total. The molecule has 19 heavy (non-hydrogen) atoms. The minimum Gasteiger partial charge on any atom is -0.502 e. The number of hydrogen-bond donors (Lipinski definition) is 3. The third-order valence-corrected chi connectivity index (χ3v) is 2.91. The van der Waals surface area contributed by atoms with Crippen LogP contribution in [0.2, 0.25) is 0 Å². The van der Waals surface area contributed by atoms with Gasteiger partial charge < -0.3 is 25.2 Å². The van der Waals surface area contributed by atoms with Crippen LogP contribution in [0.3, 0.4) is 0 Å². The maximum atomic E-state index is 9.82. The summed E-state index contributed by atoms with van der Waals surface area (Å²) in [6.45, 7) is 3.43. The van der Waals surface area contributed by atoms with Gasteiger partial charge in [0.1, 0.15) is 0 Å². The third-order valence-electron chi connectivity index (χ3n) is 2.91. The molecule has 6 heteroatoms. The number of nitrogens with zero attached hydrogens (tertiary/aromatic N) is 1. The zero-order valence-electron chi connectivity index (χ0n) is 11.4. The Morgan fingerprint density at radius 1 is 1.37 bits per heavy atom. The topological polar surface area (TPSA) is 75.1 Å². The Bertz CT molecular complexity index is 463. The predicted octanol–water partition coefficient (Wildman–Crippen LogP) is 0.847. The van der Waals surface area contributed by atoms with E-state index in [1.54, 1.807) is 12.1 Å². The molecule has 1 aliphatic heterocycles. The Balaban J connectivity index is 2.08. The van der Waals surface area contributed by atoms with E-state index in [0.717, 1.165) is 18.1 Å². The van der Waals surface area contributed by atoms with Crippen molar-refractivity contribution < 1.29 is 14.6 Å². The zero-order chi connectivity index (χ0) is 13.8. The van der Waals surface area contributed by atoms with Gasteiger partial charge in [-0.25, -0.2) is 0 Å². The first-order valence-corrected chi connectivity index (χ1v) is 6.12. The minimum atomic E-state index is 0.0127. The van der Waals surface area contributed by atoms with Gasteiger partial charge in [-0.3, -0.25) is 4.99 Å². The van der Waals surface area contributed by atoms with E-state index >= 15 is 0 Å². The van der Waals surface area contributed by atoms with E-state index < -0.39 is 0 Å². The van der Waals surface area contributed by atoms with E-state index in [1.807, 2.05) is 0 Å². The molecule has 1 unspecified atom stereocenters. The molecule has 0 saturated heterocycles. The average Bonchev–Trinajstić information content (AvgIpc) is 2.83. The molecule has 1 aromatic rings. The number of phenols is 1. The molecule has 0 amide bonds. The number of benzene rings is 1. The van der Waals surface area contributed by atoms with Crippen LogP contribution < -0.4 is 20.1 Å². The van der Waals surface area contributed by atoms with Crippen molar-refractivity contribution >= 4 is 5.96 Å². The highest BCUT2D eigenvalue weighted by Gasteiger charge is 2.14. The molecule has 0 fully saturated rings. The van der Waals surface area contributed by atoms with Crippen LogP contribution in [0.4, 0.5) is 0 Å². The number of ether oxygens (including phenoxy) is 2. The molecule has 0 aromatic heterocycles. The molecule has 0 aliphatic carbocycles. The van der Waals surface area contributed by atoms with Crippen LogP contribution in [0.15, 0.2) is 17.1 Å². The highest BCUT2D eigenvalue weighted by molar-refractivity contribution is 5.81. The van der Waals surface area contributed by atoms with Crippen LogP contribution >= 0.6 is 0 Å². The van der Waals surface area contributed by atoms with E-state index in [0.29, 0.717) is 24.1 Å². The van der Waals surface area contributed by atoms with Crippen molar-refractivity contribution in [2.75, 3.05) is 20.8 Å². The molecule has 0 saturated carbocycles. The molecule has 6 nitrogen and oxygen atoms in total. The molecule has 1 aromatic carbocycles. The molecule has 104 valence electrons. The molecule has 0 radical (unpaired) electrons. The van der Waals surface area contributed by atoms with Gasteiger partial charge in [-0.1, -0.05) is 0 Å². The number of phenolic OH excluding ortho intramolecular Hbond substituents is 1. The van der Waals surface area contributed by atoms with Gasteiger partial charge in [-0.15, -0.1) is 0 Å². The number of aliphatic imine (C=N–C) groups is 1. The number of methoxy groups -OCH3 is 2. The normalized spacial score (nSPS) is 17.6. The van der Waals surface area contributed by atoms with Gasteiger partial charge >= 0.3 is 0 Å². The molecule has 0 bridgehead atoms. The van der Waals surface area contributed by atoms with Gasteiger partial charge in [0.05, 0.1) is 20.8 Å². The third kappa shape index (κ3) is 3.01.